The molecule has 0 saturated carbocycles. The highest BCUT2D eigenvalue weighted by molar-refractivity contribution is 14.1. The van der Waals surface area contributed by atoms with E-state index in [0.717, 1.165) is 33.5 Å². The van der Waals surface area contributed by atoms with Crippen LogP contribution in [0, 0.1) is 9.49 Å². The number of H-pyrrole nitrogens is 1. The number of nitrogens with zero attached hydrogens (tertiary/aromatic N) is 2. The maximum absolute atomic E-state index is 12.2. The van der Waals surface area contributed by atoms with Crippen LogP contribution < -0.4 is 5.32 Å². The van der Waals surface area contributed by atoms with Crippen molar-refractivity contribution in [1.29, 1.82) is 0 Å². The second kappa shape index (κ2) is 5.28. The summed E-state index contributed by atoms with van der Waals surface area (Å²) >= 11 is 2.24. The van der Waals surface area contributed by atoms with Gasteiger partial charge in [0.15, 0.2) is 0 Å². The number of carbonyl (C=O) groups is 1. The fourth-order valence-corrected chi connectivity index (χ4v) is 2.65. The van der Waals surface area contributed by atoms with Crippen molar-refractivity contribution < 1.29 is 4.79 Å². The third kappa shape index (κ3) is 2.78. The fourth-order valence-electron chi connectivity index (χ4n) is 2.29. The lowest BCUT2D eigenvalue weighted by molar-refractivity contribution is -0.120. The van der Waals surface area contributed by atoms with Gasteiger partial charge in [-0.25, -0.2) is 0 Å². The van der Waals surface area contributed by atoms with Crippen molar-refractivity contribution in [2.75, 3.05) is 5.32 Å². The summed E-state index contributed by atoms with van der Waals surface area (Å²) in [5.74, 6) is 0.0479. The highest BCUT2D eigenvalue weighted by Gasteiger charge is 2.27. The van der Waals surface area contributed by atoms with E-state index in [1.165, 1.54) is 0 Å². The van der Waals surface area contributed by atoms with Crippen molar-refractivity contribution in [1.82, 2.24) is 15.4 Å². The molecule has 1 unspecified atom stereocenters. The Bertz CT molecular complexity index is 593. The van der Waals surface area contributed by atoms with Crippen molar-refractivity contribution in [3.8, 4) is 0 Å². The standard InChI is InChI=1S/C13H13IN4O/c14-9-2-4-10(5-3-9)15-13(19)8-1-6-11-12(7-8)17-18-16-11/h2-5,8H,1,6-7H2,(H,15,19)(H,16,17,18). The number of fused-ring (bicyclic) bond motifs is 1. The number of aromatic amines is 1. The van der Waals surface area contributed by atoms with Crippen molar-refractivity contribution in [3.63, 3.8) is 0 Å². The molecule has 0 fully saturated rings. The summed E-state index contributed by atoms with van der Waals surface area (Å²) in [5, 5.41) is 13.8. The van der Waals surface area contributed by atoms with Crippen LogP contribution in [0.2, 0.25) is 0 Å². The molecule has 1 atom stereocenters. The van der Waals surface area contributed by atoms with Crippen molar-refractivity contribution >= 4 is 34.2 Å². The SMILES string of the molecule is O=C(Nc1ccc(I)cc1)C1CCc2n[nH]nc2C1. The molecule has 1 heterocycles. The van der Waals surface area contributed by atoms with Gasteiger partial charge in [0.25, 0.3) is 0 Å². The van der Waals surface area contributed by atoms with Crippen molar-refractivity contribution in [2.24, 2.45) is 5.92 Å². The molecule has 0 spiro atoms. The Labute approximate surface area is 124 Å². The molecule has 0 saturated heterocycles. The highest BCUT2D eigenvalue weighted by Crippen LogP contribution is 2.23. The van der Waals surface area contributed by atoms with E-state index in [1.807, 2.05) is 24.3 Å². The van der Waals surface area contributed by atoms with E-state index in [1.54, 1.807) is 0 Å². The molecule has 0 bridgehead atoms. The Balaban J connectivity index is 1.67. The minimum Gasteiger partial charge on any atom is -0.326 e. The number of aryl methyl sites for hydroxylation is 1. The summed E-state index contributed by atoms with van der Waals surface area (Å²) in [5.41, 5.74) is 2.77. The van der Waals surface area contributed by atoms with Gasteiger partial charge in [-0.05, 0) is 59.7 Å². The molecular weight excluding hydrogens is 355 g/mol. The average Bonchev–Trinajstić information content (AvgIpc) is 2.88. The van der Waals surface area contributed by atoms with Crippen LogP contribution in [0.3, 0.4) is 0 Å². The van der Waals surface area contributed by atoms with E-state index in [9.17, 15) is 4.79 Å². The summed E-state index contributed by atoms with van der Waals surface area (Å²) in [6, 6.07) is 7.80. The van der Waals surface area contributed by atoms with Crippen LogP contribution >= 0.6 is 22.6 Å². The molecule has 0 radical (unpaired) electrons. The van der Waals surface area contributed by atoms with Crippen molar-refractivity contribution in [3.05, 3.63) is 39.2 Å². The monoisotopic (exact) mass is 368 g/mol. The minimum absolute atomic E-state index is 0.0168. The minimum atomic E-state index is -0.0168. The predicted molar refractivity (Wildman–Crippen MR) is 79.7 cm³/mol. The van der Waals surface area contributed by atoms with Crippen LogP contribution in [-0.2, 0) is 17.6 Å². The van der Waals surface area contributed by atoms with Gasteiger partial charge in [-0.2, -0.15) is 15.4 Å². The topological polar surface area (TPSA) is 70.7 Å². The van der Waals surface area contributed by atoms with Crippen LogP contribution in [0.25, 0.3) is 0 Å². The van der Waals surface area contributed by atoms with Gasteiger partial charge in [0, 0.05) is 21.6 Å². The van der Waals surface area contributed by atoms with Crippen LogP contribution in [0.4, 0.5) is 5.69 Å². The zero-order valence-electron chi connectivity index (χ0n) is 10.2. The number of nitrogens with one attached hydrogen (secondary N) is 2. The van der Waals surface area contributed by atoms with Crippen molar-refractivity contribution in [2.45, 2.75) is 19.3 Å². The molecule has 1 aromatic carbocycles. The number of hydrogen-bond donors (Lipinski definition) is 2. The third-order valence-electron chi connectivity index (χ3n) is 3.35. The van der Waals surface area contributed by atoms with Gasteiger partial charge in [0.1, 0.15) is 0 Å². The van der Waals surface area contributed by atoms with Gasteiger partial charge in [-0.3, -0.25) is 4.79 Å². The second-order valence-corrected chi connectivity index (χ2v) is 5.90. The molecule has 1 amide bonds. The Morgan fingerprint density at radius 1 is 1.26 bits per heavy atom. The normalized spacial score (nSPS) is 17.8. The molecule has 5 nitrogen and oxygen atoms in total. The summed E-state index contributed by atoms with van der Waals surface area (Å²) < 4.78 is 1.15. The molecule has 3 rings (SSSR count). The molecule has 2 N–H and O–H groups in total. The molecule has 1 aromatic heterocycles. The van der Waals surface area contributed by atoms with E-state index < -0.39 is 0 Å². The van der Waals surface area contributed by atoms with E-state index in [4.69, 9.17) is 0 Å². The largest absolute Gasteiger partial charge is 0.326 e. The van der Waals surface area contributed by atoms with E-state index >= 15 is 0 Å². The number of anilines is 1. The summed E-state index contributed by atoms with van der Waals surface area (Å²) in [6.45, 7) is 0. The predicted octanol–water partition coefficient (Wildman–Crippen LogP) is 2.15. The smallest absolute Gasteiger partial charge is 0.227 e. The lowest BCUT2D eigenvalue weighted by atomic mass is 9.89. The van der Waals surface area contributed by atoms with E-state index in [0.29, 0.717) is 6.42 Å². The quantitative estimate of drug-likeness (QED) is 0.799. The number of carbonyl (C=O) groups excluding carboxylic acids is 1. The molecule has 0 aliphatic heterocycles. The van der Waals surface area contributed by atoms with Gasteiger partial charge in [-0.15, -0.1) is 0 Å². The second-order valence-electron chi connectivity index (χ2n) is 4.65. The number of benzene rings is 1. The Hall–Kier alpha value is -1.44. The first kappa shape index (κ1) is 12.6. The first-order chi connectivity index (χ1) is 9.22. The van der Waals surface area contributed by atoms with Gasteiger partial charge in [0.05, 0.1) is 11.4 Å². The maximum Gasteiger partial charge on any atom is 0.227 e. The molecule has 2 aromatic rings. The highest BCUT2D eigenvalue weighted by atomic mass is 127. The van der Waals surface area contributed by atoms with Crippen LogP contribution in [0.15, 0.2) is 24.3 Å². The number of rotatable bonds is 2. The van der Waals surface area contributed by atoms with Crippen LogP contribution in [0.1, 0.15) is 17.8 Å². The zero-order chi connectivity index (χ0) is 13.2. The van der Waals surface area contributed by atoms with Gasteiger partial charge >= 0.3 is 0 Å². The van der Waals surface area contributed by atoms with Gasteiger partial charge < -0.3 is 5.32 Å². The van der Waals surface area contributed by atoms with Crippen LogP contribution in [0.5, 0.6) is 0 Å². The third-order valence-corrected chi connectivity index (χ3v) is 4.07. The Morgan fingerprint density at radius 3 is 2.79 bits per heavy atom. The molecule has 98 valence electrons. The molecule has 19 heavy (non-hydrogen) atoms. The summed E-state index contributed by atoms with van der Waals surface area (Å²) in [4.78, 5) is 12.2. The maximum atomic E-state index is 12.2. The van der Waals surface area contributed by atoms with Gasteiger partial charge in [-0.1, -0.05) is 0 Å². The van der Waals surface area contributed by atoms with Crippen LogP contribution in [-0.4, -0.2) is 21.3 Å². The Morgan fingerprint density at radius 2 is 2.00 bits per heavy atom. The first-order valence-corrected chi connectivity index (χ1v) is 7.25. The molecule has 6 heteroatoms. The van der Waals surface area contributed by atoms with E-state index in [2.05, 4.69) is 43.3 Å². The summed E-state index contributed by atoms with van der Waals surface area (Å²) in [7, 11) is 0. The lowest BCUT2D eigenvalue weighted by Crippen LogP contribution is -2.28. The number of halogens is 1. The van der Waals surface area contributed by atoms with E-state index in [-0.39, 0.29) is 11.8 Å². The fraction of sp³-hybridized carbons (Fsp3) is 0.308. The number of hydrogen-bond acceptors (Lipinski definition) is 3. The van der Waals surface area contributed by atoms with Gasteiger partial charge in [0.2, 0.25) is 5.91 Å². The molecular formula is C13H13IN4O. The number of amides is 1. The first-order valence-electron chi connectivity index (χ1n) is 6.17. The number of aromatic nitrogens is 3. The Kier molecular flexibility index (Phi) is 3.50. The zero-order valence-corrected chi connectivity index (χ0v) is 12.3. The average molecular weight is 368 g/mol. The molecule has 1 aliphatic carbocycles. The lowest BCUT2D eigenvalue weighted by Gasteiger charge is -2.19. The summed E-state index contributed by atoms with van der Waals surface area (Å²) in [6.07, 6.45) is 2.31. The molecule has 1 aliphatic rings.